The Morgan fingerprint density at radius 2 is 1.79 bits per heavy atom. The Labute approximate surface area is 166 Å². The van der Waals surface area contributed by atoms with E-state index in [1.54, 1.807) is 7.11 Å². The number of hydrogen-bond donors (Lipinski definition) is 0. The number of para-hydroxylation sites is 2. The summed E-state index contributed by atoms with van der Waals surface area (Å²) in [7, 11) is 1.76. The number of ether oxygens (including phenoxy) is 1. The number of aromatic nitrogens is 2. The molecule has 0 radical (unpaired) electrons. The molecule has 144 valence electrons. The Hall–Kier alpha value is -2.59. The summed E-state index contributed by atoms with van der Waals surface area (Å²) < 4.78 is 7.77. The molecule has 0 saturated heterocycles. The van der Waals surface area contributed by atoms with Crippen LogP contribution in [0.5, 0.6) is 5.75 Å². The zero-order chi connectivity index (χ0) is 18.9. The zero-order valence-electron chi connectivity index (χ0n) is 16.5. The van der Waals surface area contributed by atoms with Crippen molar-refractivity contribution in [3.05, 3.63) is 77.1 Å². The van der Waals surface area contributed by atoms with Crippen LogP contribution in [0.15, 0.2) is 54.6 Å². The maximum Gasteiger partial charge on any atom is 0.123 e. The van der Waals surface area contributed by atoms with Gasteiger partial charge in [-0.1, -0.05) is 36.4 Å². The van der Waals surface area contributed by atoms with E-state index in [9.17, 15) is 0 Å². The standard InChI is InChI=1S/C24H27N3O/c1-28-24-13-6-5-8-18(24)16-26(19-14-15-19)17-22-21-11-7-12-23(21)27(25-22)20-9-3-2-4-10-20/h2-6,8-10,13,19H,7,11-12,14-17H2,1H3. The zero-order valence-corrected chi connectivity index (χ0v) is 16.5. The predicted molar refractivity (Wildman–Crippen MR) is 111 cm³/mol. The van der Waals surface area contributed by atoms with Crippen LogP contribution in [0.3, 0.4) is 0 Å². The van der Waals surface area contributed by atoms with E-state index >= 15 is 0 Å². The van der Waals surface area contributed by atoms with E-state index in [4.69, 9.17) is 9.84 Å². The molecule has 0 atom stereocenters. The van der Waals surface area contributed by atoms with Crippen LogP contribution in [0.25, 0.3) is 5.69 Å². The molecule has 28 heavy (non-hydrogen) atoms. The third-order valence-corrected chi connectivity index (χ3v) is 6.00. The van der Waals surface area contributed by atoms with Gasteiger partial charge in [0.15, 0.2) is 0 Å². The predicted octanol–water partition coefficient (Wildman–Crippen LogP) is 4.53. The normalized spacial score (nSPS) is 15.8. The summed E-state index contributed by atoms with van der Waals surface area (Å²) in [6, 6.07) is 19.6. The van der Waals surface area contributed by atoms with Gasteiger partial charge in [0, 0.05) is 30.4 Å². The molecule has 4 heteroatoms. The summed E-state index contributed by atoms with van der Waals surface area (Å²) >= 11 is 0. The van der Waals surface area contributed by atoms with Gasteiger partial charge < -0.3 is 4.74 Å². The second-order valence-corrected chi connectivity index (χ2v) is 7.92. The summed E-state index contributed by atoms with van der Waals surface area (Å²) in [4.78, 5) is 2.59. The number of fused-ring (bicyclic) bond motifs is 1. The molecule has 0 spiro atoms. The molecule has 0 amide bonds. The molecular formula is C24H27N3O. The maximum atomic E-state index is 5.59. The number of benzene rings is 2. The molecule has 1 aromatic heterocycles. The smallest absolute Gasteiger partial charge is 0.123 e. The van der Waals surface area contributed by atoms with E-state index in [-0.39, 0.29) is 0 Å². The Morgan fingerprint density at radius 3 is 2.57 bits per heavy atom. The summed E-state index contributed by atoms with van der Waals surface area (Å²) in [5, 5.41) is 5.08. The van der Waals surface area contributed by atoms with E-state index < -0.39 is 0 Å². The van der Waals surface area contributed by atoms with Gasteiger partial charge in [0.2, 0.25) is 0 Å². The monoisotopic (exact) mass is 373 g/mol. The van der Waals surface area contributed by atoms with Gasteiger partial charge in [-0.25, -0.2) is 4.68 Å². The van der Waals surface area contributed by atoms with E-state index in [1.165, 1.54) is 47.5 Å². The Bertz CT molecular complexity index is 959. The molecule has 0 aliphatic heterocycles. The Kier molecular flexibility index (Phi) is 4.65. The second kappa shape index (κ2) is 7.44. The first-order valence-corrected chi connectivity index (χ1v) is 10.3. The van der Waals surface area contributed by atoms with Crippen LogP contribution in [0.2, 0.25) is 0 Å². The lowest BCUT2D eigenvalue weighted by Crippen LogP contribution is -2.26. The fourth-order valence-electron chi connectivity index (χ4n) is 4.42. The highest BCUT2D eigenvalue weighted by atomic mass is 16.5. The minimum absolute atomic E-state index is 0.670. The highest BCUT2D eigenvalue weighted by Crippen LogP contribution is 2.34. The number of methoxy groups -OCH3 is 1. The van der Waals surface area contributed by atoms with Crippen LogP contribution in [0.4, 0.5) is 0 Å². The highest BCUT2D eigenvalue weighted by Gasteiger charge is 2.32. The number of rotatable bonds is 7. The van der Waals surface area contributed by atoms with Crippen LogP contribution < -0.4 is 4.74 Å². The minimum atomic E-state index is 0.670. The molecule has 3 aromatic rings. The van der Waals surface area contributed by atoms with E-state index in [0.29, 0.717) is 6.04 Å². The highest BCUT2D eigenvalue weighted by molar-refractivity contribution is 5.40. The van der Waals surface area contributed by atoms with Crippen molar-refractivity contribution < 1.29 is 4.74 Å². The van der Waals surface area contributed by atoms with Crippen molar-refractivity contribution in [1.29, 1.82) is 0 Å². The average molecular weight is 374 g/mol. The van der Waals surface area contributed by atoms with Crippen LogP contribution in [-0.2, 0) is 25.9 Å². The SMILES string of the molecule is COc1ccccc1CN(Cc1nn(-c2ccccc2)c2c1CCC2)C1CC1. The quantitative estimate of drug-likeness (QED) is 0.609. The molecule has 0 bridgehead atoms. The van der Waals surface area contributed by atoms with Gasteiger partial charge >= 0.3 is 0 Å². The van der Waals surface area contributed by atoms with E-state index in [0.717, 1.165) is 31.7 Å². The van der Waals surface area contributed by atoms with Crippen molar-refractivity contribution in [2.75, 3.05) is 7.11 Å². The molecule has 2 aliphatic carbocycles. The average Bonchev–Trinajstić information content (AvgIpc) is 3.38. The van der Waals surface area contributed by atoms with Gasteiger partial charge in [-0.05, 0) is 55.9 Å². The molecule has 2 aromatic carbocycles. The van der Waals surface area contributed by atoms with Gasteiger partial charge in [-0.3, -0.25) is 4.90 Å². The lowest BCUT2D eigenvalue weighted by atomic mass is 10.1. The van der Waals surface area contributed by atoms with Crippen LogP contribution >= 0.6 is 0 Å². The summed E-state index contributed by atoms with van der Waals surface area (Å²) in [5.41, 5.74) is 6.59. The molecule has 2 aliphatic rings. The van der Waals surface area contributed by atoms with Crippen molar-refractivity contribution >= 4 is 0 Å². The molecule has 1 saturated carbocycles. The van der Waals surface area contributed by atoms with E-state index in [1.807, 2.05) is 6.07 Å². The van der Waals surface area contributed by atoms with E-state index in [2.05, 4.69) is 58.1 Å². The van der Waals surface area contributed by atoms with Crippen molar-refractivity contribution in [2.45, 2.75) is 51.2 Å². The lowest BCUT2D eigenvalue weighted by Gasteiger charge is -2.22. The van der Waals surface area contributed by atoms with Gasteiger partial charge in [0.05, 0.1) is 18.5 Å². The van der Waals surface area contributed by atoms with Crippen molar-refractivity contribution in [3.8, 4) is 11.4 Å². The molecule has 5 rings (SSSR count). The number of nitrogens with zero attached hydrogens (tertiary/aromatic N) is 3. The summed E-state index contributed by atoms with van der Waals surface area (Å²) in [6.45, 7) is 1.84. The second-order valence-electron chi connectivity index (χ2n) is 7.92. The fourth-order valence-corrected chi connectivity index (χ4v) is 4.42. The summed E-state index contributed by atoms with van der Waals surface area (Å²) in [6.07, 6.45) is 6.11. The third-order valence-electron chi connectivity index (χ3n) is 6.00. The molecule has 0 N–H and O–H groups in total. The van der Waals surface area contributed by atoms with Gasteiger partial charge in [0.25, 0.3) is 0 Å². The fraction of sp³-hybridized carbons (Fsp3) is 0.375. The Morgan fingerprint density at radius 1 is 1.00 bits per heavy atom. The van der Waals surface area contributed by atoms with Gasteiger partial charge in [-0.15, -0.1) is 0 Å². The van der Waals surface area contributed by atoms with Crippen LogP contribution in [-0.4, -0.2) is 27.8 Å². The third kappa shape index (κ3) is 3.33. The molecule has 1 fully saturated rings. The largest absolute Gasteiger partial charge is 0.496 e. The first kappa shape index (κ1) is 17.5. The molecule has 1 heterocycles. The van der Waals surface area contributed by atoms with Crippen LogP contribution in [0.1, 0.15) is 41.8 Å². The maximum absolute atomic E-state index is 5.59. The topological polar surface area (TPSA) is 30.3 Å². The van der Waals surface area contributed by atoms with Gasteiger partial charge in [0.1, 0.15) is 5.75 Å². The summed E-state index contributed by atoms with van der Waals surface area (Å²) in [5.74, 6) is 0.980. The Balaban J connectivity index is 1.44. The molecule has 0 unspecified atom stereocenters. The van der Waals surface area contributed by atoms with Crippen molar-refractivity contribution in [2.24, 2.45) is 0 Å². The van der Waals surface area contributed by atoms with Gasteiger partial charge in [-0.2, -0.15) is 5.10 Å². The number of hydrogen-bond acceptors (Lipinski definition) is 3. The first-order chi connectivity index (χ1) is 13.8. The lowest BCUT2D eigenvalue weighted by molar-refractivity contribution is 0.238. The van der Waals surface area contributed by atoms with Crippen molar-refractivity contribution in [1.82, 2.24) is 14.7 Å². The van der Waals surface area contributed by atoms with Crippen molar-refractivity contribution in [3.63, 3.8) is 0 Å². The van der Waals surface area contributed by atoms with Crippen LogP contribution in [0, 0.1) is 0 Å². The minimum Gasteiger partial charge on any atom is -0.496 e. The first-order valence-electron chi connectivity index (χ1n) is 10.3. The molecular weight excluding hydrogens is 346 g/mol. The molecule has 4 nitrogen and oxygen atoms in total.